The number of carbonyl (C=O) groups excluding carboxylic acids is 2. The molecule has 1 aliphatic rings. The largest absolute Gasteiger partial charge is 0.343 e. The molecular formula is C11H20N2O2. The van der Waals surface area contributed by atoms with Gasteiger partial charge in [0.15, 0.2) is 0 Å². The van der Waals surface area contributed by atoms with Gasteiger partial charge in [-0.2, -0.15) is 0 Å². The fraction of sp³-hybridized carbons (Fsp3) is 0.818. The molecule has 1 fully saturated rings. The molecule has 1 saturated heterocycles. The lowest BCUT2D eigenvalue weighted by Gasteiger charge is -2.24. The van der Waals surface area contributed by atoms with Crippen molar-refractivity contribution < 1.29 is 9.59 Å². The second kappa shape index (κ2) is 4.64. The Balaban J connectivity index is 2.54. The van der Waals surface area contributed by atoms with E-state index in [0.717, 1.165) is 13.0 Å². The molecule has 15 heavy (non-hydrogen) atoms. The summed E-state index contributed by atoms with van der Waals surface area (Å²) in [6.07, 6.45) is 0.801. The van der Waals surface area contributed by atoms with Crippen LogP contribution in [0.15, 0.2) is 0 Å². The predicted octanol–water partition coefficient (Wildman–Crippen LogP) is 0.722. The number of rotatable bonds is 2. The topological polar surface area (TPSA) is 40.6 Å². The van der Waals surface area contributed by atoms with E-state index in [1.807, 2.05) is 20.9 Å². The van der Waals surface area contributed by atoms with Gasteiger partial charge in [0.25, 0.3) is 0 Å². The van der Waals surface area contributed by atoms with Gasteiger partial charge in [0.05, 0.1) is 5.92 Å². The third-order valence-electron chi connectivity index (χ3n) is 3.11. The molecule has 0 N–H and O–H groups in total. The van der Waals surface area contributed by atoms with Crippen LogP contribution in [0.2, 0.25) is 0 Å². The van der Waals surface area contributed by atoms with E-state index in [1.54, 1.807) is 16.7 Å². The Kier molecular flexibility index (Phi) is 3.72. The second-order valence-electron chi connectivity index (χ2n) is 4.49. The van der Waals surface area contributed by atoms with E-state index in [9.17, 15) is 9.59 Å². The third-order valence-corrected chi connectivity index (χ3v) is 3.11. The number of amides is 2. The van der Waals surface area contributed by atoms with Gasteiger partial charge in [0, 0.05) is 33.1 Å². The predicted molar refractivity (Wildman–Crippen MR) is 58.3 cm³/mol. The van der Waals surface area contributed by atoms with Crippen LogP contribution in [-0.2, 0) is 9.59 Å². The minimum Gasteiger partial charge on any atom is -0.343 e. The molecular weight excluding hydrogens is 192 g/mol. The molecule has 0 saturated carbocycles. The van der Waals surface area contributed by atoms with Gasteiger partial charge < -0.3 is 9.80 Å². The van der Waals surface area contributed by atoms with Crippen molar-refractivity contribution in [1.82, 2.24) is 9.80 Å². The van der Waals surface area contributed by atoms with E-state index in [-0.39, 0.29) is 23.8 Å². The zero-order valence-corrected chi connectivity index (χ0v) is 9.99. The molecule has 1 atom stereocenters. The molecule has 1 aliphatic heterocycles. The Morgan fingerprint density at radius 2 is 2.00 bits per heavy atom. The highest BCUT2D eigenvalue weighted by atomic mass is 16.2. The molecule has 2 amide bonds. The van der Waals surface area contributed by atoms with Crippen LogP contribution in [0.1, 0.15) is 27.2 Å². The summed E-state index contributed by atoms with van der Waals surface area (Å²) in [4.78, 5) is 26.6. The van der Waals surface area contributed by atoms with Crippen LogP contribution in [0, 0.1) is 5.92 Å². The van der Waals surface area contributed by atoms with Crippen molar-refractivity contribution in [2.24, 2.45) is 5.92 Å². The van der Waals surface area contributed by atoms with E-state index in [1.165, 1.54) is 0 Å². The Morgan fingerprint density at radius 3 is 2.40 bits per heavy atom. The first-order valence-electron chi connectivity index (χ1n) is 5.45. The Morgan fingerprint density at radius 1 is 1.40 bits per heavy atom. The van der Waals surface area contributed by atoms with Crippen LogP contribution in [-0.4, -0.2) is 47.8 Å². The molecule has 86 valence electrons. The van der Waals surface area contributed by atoms with Crippen molar-refractivity contribution in [3.05, 3.63) is 0 Å². The summed E-state index contributed by atoms with van der Waals surface area (Å²) in [5, 5.41) is 0. The van der Waals surface area contributed by atoms with Crippen molar-refractivity contribution in [2.75, 3.05) is 20.1 Å². The van der Waals surface area contributed by atoms with E-state index in [4.69, 9.17) is 0 Å². The highest BCUT2D eigenvalue weighted by Gasteiger charge is 2.31. The molecule has 1 heterocycles. The van der Waals surface area contributed by atoms with Crippen LogP contribution in [0.5, 0.6) is 0 Å². The number of hydrogen-bond donors (Lipinski definition) is 0. The maximum atomic E-state index is 11.9. The quantitative estimate of drug-likeness (QED) is 0.677. The third kappa shape index (κ3) is 2.70. The number of likely N-dealkylation sites (tertiary alicyclic amines) is 1. The van der Waals surface area contributed by atoms with Crippen LogP contribution in [0.4, 0.5) is 0 Å². The van der Waals surface area contributed by atoms with Crippen LogP contribution < -0.4 is 0 Å². The monoisotopic (exact) mass is 212 g/mol. The van der Waals surface area contributed by atoms with Gasteiger partial charge in [-0.25, -0.2) is 0 Å². The SMILES string of the molecule is CC(=O)N1CCC(C(=O)N(C)C(C)C)C1. The summed E-state index contributed by atoms with van der Waals surface area (Å²) in [7, 11) is 1.82. The van der Waals surface area contributed by atoms with Gasteiger partial charge in [0.2, 0.25) is 11.8 Å². The van der Waals surface area contributed by atoms with E-state index >= 15 is 0 Å². The van der Waals surface area contributed by atoms with E-state index < -0.39 is 0 Å². The molecule has 0 radical (unpaired) electrons. The lowest BCUT2D eigenvalue weighted by molar-refractivity contribution is -0.135. The zero-order valence-electron chi connectivity index (χ0n) is 9.99. The number of nitrogens with zero attached hydrogens (tertiary/aromatic N) is 2. The van der Waals surface area contributed by atoms with Crippen molar-refractivity contribution in [3.8, 4) is 0 Å². The summed E-state index contributed by atoms with van der Waals surface area (Å²) in [5.41, 5.74) is 0. The molecule has 0 aromatic rings. The number of hydrogen-bond acceptors (Lipinski definition) is 2. The summed E-state index contributed by atoms with van der Waals surface area (Å²) >= 11 is 0. The van der Waals surface area contributed by atoms with Crippen LogP contribution >= 0.6 is 0 Å². The fourth-order valence-electron chi connectivity index (χ4n) is 1.79. The van der Waals surface area contributed by atoms with Crippen LogP contribution in [0.25, 0.3) is 0 Å². The first kappa shape index (κ1) is 12.0. The minimum absolute atomic E-state index is 0.00120. The summed E-state index contributed by atoms with van der Waals surface area (Å²) in [6, 6.07) is 0.226. The lowest BCUT2D eigenvalue weighted by Crippen LogP contribution is -2.39. The Bertz CT molecular complexity index is 263. The first-order chi connectivity index (χ1) is 6.93. The Hall–Kier alpha value is -1.06. The molecule has 0 spiro atoms. The summed E-state index contributed by atoms with van der Waals surface area (Å²) in [6.45, 7) is 6.85. The van der Waals surface area contributed by atoms with Crippen molar-refractivity contribution in [2.45, 2.75) is 33.2 Å². The zero-order chi connectivity index (χ0) is 11.6. The average Bonchev–Trinajstić information content (AvgIpc) is 2.64. The van der Waals surface area contributed by atoms with Crippen molar-refractivity contribution >= 4 is 11.8 Å². The molecule has 0 aromatic heterocycles. The van der Waals surface area contributed by atoms with Gasteiger partial charge in [0.1, 0.15) is 0 Å². The molecule has 0 bridgehead atoms. The van der Waals surface area contributed by atoms with Crippen molar-refractivity contribution in [1.29, 1.82) is 0 Å². The molecule has 1 rings (SSSR count). The maximum Gasteiger partial charge on any atom is 0.227 e. The van der Waals surface area contributed by atoms with Gasteiger partial charge in [-0.05, 0) is 20.3 Å². The average molecular weight is 212 g/mol. The fourth-order valence-corrected chi connectivity index (χ4v) is 1.79. The molecule has 4 heteroatoms. The second-order valence-corrected chi connectivity index (χ2v) is 4.49. The van der Waals surface area contributed by atoms with E-state index in [2.05, 4.69) is 0 Å². The lowest BCUT2D eigenvalue weighted by atomic mass is 10.1. The Labute approximate surface area is 91.2 Å². The smallest absolute Gasteiger partial charge is 0.227 e. The van der Waals surface area contributed by atoms with Crippen molar-refractivity contribution in [3.63, 3.8) is 0 Å². The highest BCUT2D eigenvalue weighted by Crippen LogP contribution is 2.19. The summed E-state index contributed by atoms with van der Waals surface area (Å²) in [5.74, 6) is 0.229. The van der Waals surface area contributed by atoms with Gasteiger partial charge in [-0.3, -0.25) is 9.59 Å². The molecule has 1 unspecified atom stereocenters. The normalized spacial score (nSPS) is 20.9. The van der Waals surface area contributed by atoms with Crippen LogP contribution in [0.3, 0.4) is 0 Å². The maximum absolute atomic E-state index is 11.9. The first-order valence-corrected chi connectivity index (χ1v) is 5.45. The standard InChI is InChI=1S/C11H20N2O2/c1-8(2)12(4)11(15)10-5-6-13(7-10)9(3)14/h8,10H,5-7H2,1-4H3. The minimum atomic E-state index is 0.00120. The molecule has 4 nitrogen and oxygen atoms in total. The molecule has 0 aliphatic carbocycles. The van der Waals surface area contributed by atoms with Gasteiger partial charge in [-0.15, -0.1) is 0 Å². The highest BCUT2D eigenvalue weighted by molar-refractivity contribution is 5.81. The van der Waals surface area contributed by atoms with Gasteiger partial charge in [-0.1, -0.05) is 0 Å². The van der Waals surface area contributed by atoms with E-state index in [0.29, 0.717) is 6.54 Å². The molecule has 0 aromatic carbocycles. The number of carbonyl (C=O) groups is 2. The summed E-state index contributed by atoms with van der Waals surface area (Å²) < 4.78 is 0. The van der Waals surface area contributed by atoms with Gasteiger partial charge >= 0.3 is 0 Å².